The first kappa shape index (κ1) is 29.6. The first-order chi connectivity index (χ1) is 20.3. The zero-order valence-electron chi connectivity index (χ0n) is 22.3. The van der Waals surface area contributed by atoms with E-state index in [9.17, 15) is 0 Å². The zero-order chi connectivity index (χ0) is 29.4. The van der Waals surface area contributed by atoms with Crippen LogP contribution in [0, 0.1) is 10.2 Å². The summed E-state index contributed by atoms with van der Waals surface area (Å²) in [5.74, 6) is 0. The molecule has 0 bridgehead atoms. The first-order valence-electron chi connectivity index (χ1n) is 13.0. The van der Waals surface area contributed by atoms with E-state index in [1.807, 2.05) is 23.1 Å². The Morgan fingerprint density at radius 1 is 0.500 bits per heavy atom. The molecule has 7 heteroatoms. The lowest BCUT2D eigenvalue weighted by molar-refractivity contribution is -2.00. The van der Waals surface area contributed by atoms with Crippen LogP contribution >= 0.6 is 23.1 Å². The second-order valence-electron chi connectivity index (χ2n) is 9.22. The summed E-state index contributed by atoms with van der Waals surface area (Å²) in [7, 11) is -4.94. The molecule has 0 N–H and O–H groups in total. The number of benzene rings is 4. The molecule has 6 rings (SSSR count). The normalized spacial score (nSPS) is 12.9. The van der Waals surface area contributed by atoms with E-state index in [-0.39, 0.29) is 0 Å². The lowest BCUT2D eigenvalue weighted by Crippen LogP contribution is -2.68. The molecule has 0 amide bonds. The Labute approximate surface area is 255 Å². The van der Waals surface area contributed by atoms with Gasteiger partial charge in [0.05, 0.1) is 0 Å². The summed E-state index contributed by atoms with van der Waals surface area (Å²) in [5, 5.41) is 0. The van der Waals surface area contributed by atoms with Crippen molar-refractivity contribution in [3.8, 4) is 21.6 Å². The summed E-state index contributed by atoms with van der Waals surface area (Å²) in [6.07, 6.45) is 6.96. The molecule has 42 heavy (non-hydrogen) atoms. The predicted molar refractivity (Wildman–Crippen MR) is 164 cm³/mol. The summed E-state index contributed by atoms with van der Waals surface area (Å²) in [5.41, 5.74) is 7.39. The number of halogens is 1. The molecule has 0 spiro atoms. The molecule has 0 atom stereocenters. The summed E-state index contributed by atoms with van der Waals surface area (Å²) in [6, 6.07) is 47.3. The highest BCUT2D eigenvalue weighted by Gasteiger charge is 2.19. The quantitative estimate of drug-likeness (QED) is 0.235. The smallest absolute Gasteiger partial charge is 0.222 e. The SMILES string of the molecule is C(=C1C=C(c2ccccc2)SC(c2ccccc2)=C1)c1cc(-c2ccccc2)cc(-c2ccccc2)[s+]1.[O-][Cl+3]([O-])([O-])[O-]. The second-order valence-corrected chi connectivity index (χ2v) is 12.2. The Morgan fingerprint density at radius 3 is 1.36 bits per heavy atom. The van der Waals surface area contributed by atoms with Gasteiger partial charge in [-0.25, -0.2) is 18.6 Å². The van der Waals surface area contributed by atoms with Crippen LogP contribution in [0.3, 0.4) is 0 Å². The minimum absolute atomic E-state index is 1.21. The Morgan fingerprint density at radius 2 is 0.905 bits per heavy atom. The molecule has 0 saturated heterocycles. The standard InChI is InChI=1S/C35H25S2.ClHO4/c1-5-13-27(14-6-1)31-24-32(36-35(25-31)30-19-11-4-12-20-30)21-26-22-33(28-15-7-2-8-16-28)37-34(23-26)29-17-9-3-10-18-29;2-1(3,4)5/h1-25H;(H,2,3,4,5)/q+1;/p-1. The molecule has 0 unspecified atom stereocenters. The fourth-order valence-corrected chi connectivity index (χ4v) is 6.60. The summed E-state index contributed by atoms with van der Waals surface area (Å²) in [4.78, 5) is 5.02. The highest BCUT2D eigenvalue weighted by Crippen LogP contribution is 2.44. The van der Waals surface area contributed by atoms with Gasteiger partial charge in [0.2, 0.25) is 21.1 Å². The van der Waals surface area contributed by atoms with Crippen molar-refractivity contribution in [3.63, 3.8) is 0 Å². The summed E-state index contributed by atoms with van der Waals surface area (Å²) in [6.45, 7) is 0. The number of hydrogen-bond acceptors (Lipinski definition) is 5. The van der Waals surface area contributed by atoms with Crippen LogP contribution in [-0.4, -0.2) is 0 Å². The van der Waals surface area contributed by atoms with Crippen molar-refractivity contribution in [2.24, 2.45) is 0 Å². The molecule has 1 aliphatic rings. The van der Waals surface area contributed by atoms with Crippen molar-refractivity contribution in [1.82, 2.24) is 0 Å². The van der Waals surface area contributed by atoms with Gasteiger partial charge in [0.25, 0.3) is 0 Å². The van der Waals surface area contributed by atoms with Gasteiger partial charge in [-0.05, 0) is 52.1 Å². The molecule has 208 valence electrons. The average molecular weight is 609 g/mol. The number of allylic oxidation sites excluding steroid dienone is 3. The molecular formula is C35H25ClO4S2. The number of rotatable bonds is 5. The molecule has 1 aliphatic heterocycles. The Hall–Kier alpha value is -3.85. The van der Waals surface area contributed by atoms with Gasteiger partial charge in [0.15, 0.2) is 0 Å². The Kier molecular flexibility index (Phi) is 9.79. The minimum Gasteiger partial charge on any atom is -0.222 e. The lowest BCUT2D eigenvalue weighted by atomic mass is 10.0. The predicted octanol–water partition coefficient (Wildman–Crippen LogP) is 5.82. The van der Waals surface area contributed by atoms with E-state index in [1.54, 1.807) is 0 Å². The van der Waals surface area contributed by atoms with E-state index < -0.39 is 10.2 Å². The maximum absolute atomic E-state index is 8.49. The van der Waals surface area contributed by atoms with E-state index in [0.29, 0.717) is 0 Å². The third kappa shape index (κ3) is 8.58. The van der Waals surface area contributed by atoms with Crippen LogP contribution in [0.4, 0.5) is 0 Å². The van der Waals surface area contributed by atoms with E-state index >= 15 is 0 Å². The first-order valence-corrected chi connectivity index (χ1v) is 15.8. The maximum Gasteiger partial charge on any atom is 0.239 e. The van der Waals surface area contributed by atoms with Crippen molar-refractivity contribution in [3.05, 3.63) is 167 Å². The van der Waals surface area contributed by atoms with Crippen LogP contribution in [0.5, 0.6) is 0 Å². The van der Waals surface area contributed by atoms with Crippen molar-refractivity contribution in [2.45, 2.75) is 0 Å². The monoisotopic (exact) mass is 608 g/mol. The van der Waals surface area contributed by atoms with Gasteiger partial charge in [-0.2, -0.15) is 0 Å². The van der Waals surface area contributed by atoms with Crippen LogP contribution < -0.4 is 18.6 Å². The molecule has 0 aliphatic carbocycles. The third-order valence-corrected chi connectivity index (χ3v) is 8.41. The van der Waals surface area contributed by atoms with Crippen molar-refractivity contribution in [1.29, 1.82) is 0 Å². The summed E-state index contributed by atoms with van der Waals surface area (Å²) < 4.78 is 34.0. The molecular weight excluding hydrogens is 584 g/mol. The number of thioether (sulfide) groups is 1. The Bertz CT molecular complexity index is 1590. The van der Waals surface area contributed by atoms with Crippen molar-refractivity contribution < 1.29 is 28.9 Å². The summed E-state index contributed by atoms with van der Waals surface area (Å²) >= 11 is 3.67. The van der Waals surface area contributed by atoms with Crippen LogP contribution in [0.25, 0.3) is 37.5 Å². The van der Waals surface area contributed by atoms with Gasteiger partial charge in [-0.3, -0.25) is 0 Å². The maximum atomic E-state index is 8.49. The highest BCUT2D eigenvalue weighted by molar-refractivity contribution is 8.16. The fourth-order valence-electron chi connectivity index (χ4n) is 4.39. The van der Waals surface area contributed by atoms with Crippen molar-refractivity contribution >= 4 is 39.0 Å². The number of hydrogen-bond donors (Lipinski definition) is 0. The zero-order valence-corrected chi connectivity index (χ0v) is 24.7. The molecule has 5 aromatic rings. The van der Waals surface area contributed by atoms with Crippen LogP contribution in [0.2, 0.25) is 0 Å². The average Bonchev–Trinajstić information content (AvgIpc) is 3.02. The van der Waals surface area contributed by atoms with Gasteiger partial charge in [0, 0.05) is 33.6 Å². The molecule has 0 saturated carbocycles. The van der Waals surface area contributed by atoms with Gasteiger partial charge >= 0.3 is 0 Å². The topological polar surface area (TPSA) is 92.2 Å². The van der Waals surface area contributed by atoms with Crippen molar-refractivity contribution in [2.75, 3.05) is 0 Å². The molecule has 1 aromatic heterocycles. The Balaban J connectivity index is 0.000000652. The lowest BCUT2D eigenvalue weighted by Gasteiger charge is -2.17. The van der Waals surface area contributed by atoms with Crippen LogP contribution in [0.15, 0.2) is 151 Å². The van der Waals surface area contributed by atoms with E-state index in [1.165, 1.54) is 53.0 Å². The second kappa shape index (κ2) is 13.9. The van der Waals surface area contributed by atoms with E-state index in [2.05, 4.69) is 152 Å². The third-order valence-electron chi connectivity index (χ3n) is 6.22. The van der Waals surface area contributed by atoms with E-state index in [0.717, 1.165) is 0 Å². The van der Waals surface area contributed by atoms with Gasteiger partial charge in [-0.1, -0.05) is 121 Å². The van der Waals surface area contributed by atoms with Crippen LogP contribution in [0.1, 0.15) is 16.0 Å². The molecule has 4 aromatic carbocycles. The fraction of sp³-hybridized carbons (Fsp3) is 0. The molecule has 2 heterocycles. The highest BCUT2D eigenvalue weighted by atomic mass is 35.7. The molecule has 0 fully saturated rings. The van der Waals surface area contributed by atoms with E-state index in [4.69, 9.17) is 18.6 Å². The molecule has 4 nitrogen and oxygen atoms in total. The van der Waals surface area contributed by atoms with Crippen LogP contribution in [-0.2, 0) is 0 Å². The molecule has 0 radical (unpaired) electrons. The van der Waals surface area contributed by atoms with Gasteiger partial charge in [-0.15, -0.1) is 10.2 Å². The van der Waals surface area contributed by atoms with Gasteiger partial charge in [0.1, 0.15) is 0 Å². The minimum atomic E-state index is -4.94. The van der Waals surface area contributed by atoms with Gasteiger partial charge < -0.3 is 0 Å². The largest absolute Gasteiger partial charge is 0.239 e.